The molecule has 1 aliphatic rings. The van der Waals surface area contributed by atoms with Crippen LogP contribution in [0.1, 0.15) is 39.5 Å². The van der Waals surface area contributed by atoms with Crippen molar-refractivity contribution in [3.8, 4) is 0 Å². The average Bonchev–Trinajstić information content (AvgIpc) is 2.08. The molecule has 1 aliphatic heterocycles. The number of nitrogens with zero attached hydrogens (tertiary/aromatic N) is 1. The summed E-state index contributed by atoms with van der Waals surface area (Å²) >= 11 is 0. The van der Waals surface area contributed by atoms with Crippen LogP contribution in [0, 0.1) is 5.92 Å². The van der Waals surface area contributed by atoms with Gasteiger partial charge in [-0.2, -0.15) is 0 Å². The van der Waals surface area contributed by atoms with Gasteiger partial charge >= 0.3 is 0 Å². The minimum absolute atomic E-state index is 0.391. The molecule has 1 unspecified atom stereocenters. The highest BCUT2D eigenvalue weighted by molar-refractivity contribution is 4.74. The maximum atomic E-state index is 5.80. The molecule has 2 heteroatoms. The van der Waals surface area contributed by atoms with E-state index in [1.54, 1.807) is 0 Å². The van der Waals surface area contributed by atoms with Crippen molar-refractivity contribution in [3.63, 3.8) is 0 Å². The van der Waals surface area contributed by atoms with Crippen LogP contribution >= 0.6 is 0 Å². The predicted octanol–water partition coefficient (Wildman–Crippen LogP) is 1.85. The summed E-state index contributed by atoms with van der Waals surface area (Å²) in [5.74, 6) is 0.896. The first-order valence-electron chi connectivity index (χ1n) is 5.70. The van der Waals surface area contributed by atoms with Gasteiger partial charge in [-0.15, -0.1) is 0 Å². The van der Waals surface area contributed by atoms with E-state index in [1.165, 1.54) is 45.3 Å². The summed E-state index contributed by atoms with van der Waals surface area (Å²) in [6.45, 7) is 8.26. The van der Waals surface area contributed by atoms with Crippen molar-refractivity contribution in [2.45, 2.75) is 45.6 Å². The van der Waals surface area contributed by atoms with Crippen LogP contribution in [-0.4, -0.2) is 30.6 Å². The highest BCUT2D eigenvalue weighted by Crippen LogP contribution is 2.21. The Morgan fingerprint density at radius 1 is 1.38 bits per heavy atom. The largest absolute Gasteiger partial charge is 0.328 e. The second kappa shape index (κ2) is 5.61. The first-order chi connectivity index (χ1) is 6.22. The minimum atomic E-state index is 0.391. The molecule has 78 valence electrons. The van der Waals surface area contributed by atoms with Crippen LogP contribution in [0.2, 0.25) is 0 Å². The van der Waals surface area contributed by atoms with Crippen molar-refractivity contribution in [1.29, 1.82) is 0 Å². The molecule has 1 saturated heterocycles. The fraction of sp³-hybridized carbons (Fsp3) is 1.00. The van der Waals surface area contributed by atoms with Gasteiger partial charge in [0.2, 0.25) is 0 Å². The smallest absolute Gasteiger partial charge is 0.00131 e. The van der Waals surface area contributed by atoms with Crippen LogP contribution in [0.5, 0.6) is 0 Å². The Labute approximate surface area is 82.5 Å². The van der Waals surface area contributed by atoms with Crippen molar-refractivity contribution < 1.29 is 0 Å². The number of piperidine rings is 1. The molecule has 13 heavy (non-hydrogen) atoms. The molecule has 0 radical (unpaired) electrons. The molecular formula is C11H24N2. The summed E-state index contributed by atoms with van der Waals surface area (Å²) in [5, 5.41) is 0. The molecule has 0 bridgehead atoms. The summed E-state index contributed by atoms with van der Waals surface area (Å²) in [7, 11) is 0. The molecule has 0 amide bonds. The third-order valence-corrected chi connectivity index (χ3v) is 2.95. The third-order valence-electron chi connectivity index (χ3n) is 2.95. The van der Waals surface area contributed by atoms with E-state index in [0.29, 0.717) is 6.04 Å². The molecule has 1 heterocycles. The summed E-state index contributed by atoms with van der Waals surface area (Å²) < 4.78 is 0. The van der Waals surface area contributed by atoms with Gasteiger partial charge < -0.3 is 10.6 Å². The number of nitrogens with two attached hydrogens (primary N) is 1. The van der Waals surface area contributed by atoms with Crippen LogP contribution in [0.15, 0.2) is 0 Å². The maximum absolute atomic E-state index is 5.80. The van der Waals surface area contributed by atoms with Gasteiger partial charge in [-0.05, 0) is 58.2 Å². The van der Waals surface area contributed by atoms with E-state index in [2.05, 4.69) is 18.7 Å². The van der Waals surface area contributed by atoms with E-state index in [1.807, 2.05) is 0 Å². The summed E-state index contributed by atoms with van der Waals surface area (Å²) in [6.07, 6.45) is 5.24. The summed E-state index contributed by atoms with van der Waals surface area (Å²) in [6, 6.07) is 0.391. The number of likely N-dealkylation sites (tertiary alicyclic amines) is 1. The zero-order valence-corrected chi connectivity index (χ0v) is 9.13. The van der Waals surface area contributed by atoms with Crippen molar-refractivity contribution in [3.05, 3.63) is 0 Å². The number of hydrogen-bond acceptors (Lipinski definition) is 2. The molecule has 2 N–H and O–H groups in total. The lowest BCUT2D eigenvalue weighted by molar-refractivity contribution is 0.176. The first-order valence-corrected chi connectivity index (χ1v) is 5.70. The molecule has 0 aliphatic carbocycles. The molecule has 1 fully saturated rings. The van der Waals surface area contributed by atoms with E-state index >= 15 is 0 Å². The molecular weight excluding hydrogens is 160 g/mol. The summed E-state index contributed by atoms with van der Waals surface area (Å²) in [4.78, 5) is 2.58. The SMILES string of the molecule is CCCN1CCC(CC(C)N)CC1. The molecule has 0 aromatic carbocycles. The second-order valence-electron chi connectivity index (χ2n) is 4.50. The molecule has 0 spiro atoms. The van der Waals surface area contributed by atoms with Crippen molar-refractivity contribution in [1.82, 2.24) is 4.90 Å². The van der Waals surface area contributed by atoms with Gasteiger partial charge in [0.25, 0.3) is 0 Å². The van der Waals surface area contributed by atoms with Crippen molar-refractivity contribution in [2.75, 3.05) is 19.6 Å². The number of rotatable bonds is 4. The quantitative estimate of drug-likeness (QED) is 0.722. The van der Waals surface area contributed by atoms with Crippen LogP contribution in [0.4, 0.5) is 0 Å². The number of hydrogen-bond donors (Lipinski definition) is 1. The third kappa shape index (κ3) is 4.10. The molecule has 0 saturated carbocycles. The first kappa shape index (κ1) is 11.0. The van der Waals surface area contributed by atoms with Gasteiger partial charge in [-0.3, -0.25) is 0 Å². The van der Waals surface area contributed by atoms with E-state index in [9.17, 15) is 0 Å². The van der Waals surface area contributed by atoms with Crippen LogP contribution in [0.3, 0.4) is 0 Å². The molecule has 0 aromatic heterocycles. The van der Waals surface area contributed by atoms with Crippen molar-refractivity contribution in [2.24, 2.45) is 11.7 Å². The molecule has 1 atom stereocenters. The lowest BCUT2D eigenvalue weighted by atomic mass is 9.91. The highest BCUT2D eigenvalue weighted by Gasteiger charge is 2.18. The van der Waals surface area contributed by atoms with Crippen LogP contribution in [0.25, 0.3) is 0 Å². The maximum Gasteiger partial charge on any atom is 0.00131 e. The van der Waals surface area contributed by atoms with E-state index in [4.69, 9.17) is 5.73 Å². The Morgan fingerprint density at radius 3 is 2.46 bits per heavy atom. The Balaban J connectivity index is 2.15. The van der Waals surface area contributed by atoms with Gasteiger partial charge in [-0.25, -0.2) is 0 Å². The van der Waals surface area contributed by atoms with Gasteiger partial charge in [0.05, 0.1) is 0 Å². The minimum Gasteiger partial charge on any atom is -0.328 e. The van der Waals surface area contributed by atoms with Gasteiger partial charge in [-0.1, -0.05) is 6.92 Å². The van der Waals surface area contributed by atoms with Gasteiger partial charge in [0.1, 0.15) is 0 Å². The Bertz CT molecular complexity index is 126. The average molecular weight is 184 g/mol. The van der Waals surface area contributed by atoms with Gasteiger partial charge in [0, 0.05) is 6.04 Å². The summed E-state index contributed by atoms with van der Waals surface area (Å²) in [5.41, 5.74) is 5.80. The predicted molar refractivity (Wildman–Crippen MR) is 57.7 cm³/mol. The Kier molecular flexibility index (Phi) is 4.74. The lowest BCUT2D eigenvalue weighted by Gasteiger charge is -2.32. The molecule has 2 nitrogen and oxygen atoms in total. The van der Waals surface area contributed by atoms with Crippen molar-refractivity contribution >= 4 is 0 Å². The topological polar surface area (TPSA) is 29.3 Å². The standard InChI is InChI=1S/C11H24N2/c1-3-6-13-7-4-11(5-8-13)9-10(2)12/h10-11H,3-9,12H2,1-2H3. The Hall–Kier alpha value is -0.0800. The molecule has 0 aromatic rings. The fourth-order valence-electron chi connectivity index (χ4n) is 2.29. The fourth-order valence-corrected chi connectivity index (χ4v) is 2.29. The van der Waals surface area contributed by atoms with Gasteiger partial charge in [0.15, 0.2) is 0 Å². The lowest BCUT2D eigenvalue weighted by Crippen LogP contribution is -2.35. The van der Waals surface area contributed by atoms with E-state index in [0.717, 1.165) is 5.92 Å². The molecule has 1 rings (SSSR count). The highest BCUT2D eigenvalue weighted by atomic mass is 15.1. The monoisotopic (exact) mass is 184 g/mol. The zero-order chi connectivity index (χ0) is 9.68. The van der Waals surface area contributed by atoms with Crippen LogP contribution in [-0.2, 0) is 0 Å². The normalized spacial score (nSPS) is 23.3. The van der Waals surface area contributed by atoms with E-state index < -0.39 is 0 Å². The Morgan fingerprint density at radius 2 is 2.00 bits per heavy atom. The zero-order valence-electron chi connectivity index (χ0n) is 9.13. The van der Waals surface area contributed by atoms with E-state index in [-0.39, 0.29) is 0 Å². The second-order valence-corrected chi connectivity index (χ2v) is 4.50. The van der Waals surface area contributed by atoms with Crippen LogP contribution < -0.4 is 5.73 Å².